The van der Waals surface area contributed by atoms with Crippen molar-refractivity contribution in [3.05, 3.63) is 29.8 Å². The topological polar surface area (TPSA) is 32.3 Å². The molecule has 110 valence electrons. The molecule has 1 aromatic carbocycles. The molecule has 0 aliphatic carbocycles. The van der Waals surface area contributed by atoms with Gasteiger partial charge in [0.1, 0.15) is 0 Å². The molecule has 0 bridgehead atoms. The Morgan fingerprint density at radius 3 is 2.70 bits per heavy atom. The fraction of sp³-hybridized carbons (Fsp3) is 0.588. The molecule has 0 atom stereocenters. The van der Waals surface area contributed by atoms with Crippen LogP contribution >= 0.6 is 0 Å². The molecule has 0 aromatic heterocycles. The van der Waals surface area contributed by atoms with Gasteiger partial charge >= 0.3 is 0 Å². The van der Waals surface area contributed by atoms with Gasteiger partial charge in [0, 0.05) is 18.7 Å². The predicted molar refractivity (Wildman–Crippen MR) is 83.9 cm³/mol. The molecule has 0 saturated carbocycles. The lowest BCUT2D eigenvalue weighted by molar-refractivity contribution is -0.116. The summed E-state index contributed by atoms with van der Waals surface area (Å²) in [5, 5.41) is 3.04. The van der Waals surface area contributed by atoms with Crippen LogP contribution in [0, 0.1) is 5.92 Å². The number of aryl methyl sites for hydroxylation is 1. The van der Waals surface area contributed by atoms with Crippen molar-refractivity contribution >= 4 is 11.6 Å². The monoisotopic (exact) mass is 274 g/mol. The maximum Gasteiger partial charge on any atom is 0.225 e. The van der Waals surface area contributed by atoms with Crippen molar-refractivity contribution in [3.8, 4) is 0 Å². The highest BCUT2D eigenvalue weighted by Gasteiger charge is 2.16. The van der Waals surface area contributed by atoms with Crippen molar-refractivity contribution < 1.29 is 4.79 Å². The van der Waals surface area contributed by atoms with Crippen LogP contribution in [0.2, 0.25) is 0 Å². The van der Waals surface area contributed by atoms with Crippen molar-refractivity contribution in [3.63, 3.8) is 0 Å². The molecular weight excluding hydrogens is 248 g/mol. The molecule has 1 aliphatic rings. The van der Waals surface area contributed by atoms with E-state index in [1.807, 2.05) is 18.2 Å². The third-order valence-electron chi connectivity index (χ3n) is 4.20. The fourth-order valence-electron chi connectivity index (χ4n) is 2.71. The summed E-state index contributed by atoms with van der Waals surface area (Å²) in [5.74, 6) is 0.973. The second-order valence-electron chi connectivity index (χ2n) is 5.83. The molecule has 1 fully saturated rings. The Balaban J connectivity index is 1.78. The third kappa shape index (κ3) is 4.34. The molecule has 0 unspecified atom stereocenters. The number of carbonyl (C=O) groups is 1. The molecule has 1 heterocycles. The maximum absolute atomic E-state index is 12.0. The zero-order chi connectivity index (χ0) is 14.4. The van der Waals surface area contributed by atoms with Crippen LogP contribution in [0.25, 0.3) is 0 Å². The van der Waals surface area contributed by atoms with E-state index in [1.165, 1.54) is 18.4 Å². The normalized spacial score (nSPS) is 17.1. The Kier molecular flexibility index (Phi) is 5.60. The number of likely N-dealkylation sites (tertiary alicyclic amines) is 1. The first-order valence-electron chi connectivity index (χ1n) is 7.79. The van der Waals surface area contributed by atoms with Gasteiger partial charge in [0.05, 0.1) is 0 Å². The van der Waals surface area contributed by atoms with Crippen LogP contribution in [0.5, 0.6) is 0 Å². The third-order valence-corrected chi connectivity index (χ3v) is 4.20. The van der Waals surface area contributed by atoms with Gasteiger partial charge in [-0.3, -0.25) is 4.79 Å². The van der Waals surface area contributed by atoms with Gasteiger partial charge in [-0.1, -0.05) is 32.0 Å². The molecule has 1 saturated heterocycles. The molecular formula is C17H26N2O. The molecule has 2 rings (SSSR count). The molecule has 1 aliphatic heterocycles. The van der Waals surface area contributed by atoms with Gasteiger partial charge < -0.3 is 10.2 Å². The number of carbonyl (C=O) groups excluding carboxylic acids is 1. The number of piperidine rings is 1. The molecule has 3 heteroatoms. The second-order valence-corrected chi connectivity index (χ2v) is 5.83. The number of hydrogen-bond donors (Lipinski definition) is 1. The van der Waals surface area contributed by atoms with Crippen LogP contribution in [0.1, 0.15) is 38.7 Å². The summed E-state index contributed by atoms with van der Waals surface area (Å²) in [5.41, 5.74) is 2.17. The quantitative estimate of drug-likeness (QED) is 0.893. The van der Waals surface area contributed by atoms with E-state index < -0.39 is 0 Å². The zero-order valence-corrected chi connectivity index (χ0v) is 12.7. The SMILES string of the molecule is CCc1ccccc1NC(=O)CCN1CCC(C)CC1. The molecule has 20 heavy (non-hydrogen) atoms. The van der Waals surface area contributed by atoms with E-state index in [1.54, 1.807) is 0 Å². The van der Waals surface area contributed by atoms with Crippen molar-refractivity contribution in [1.82, 2.24) is 4.90 Å². The van der Waals surface area contributed by atoms with Crippen molar-refractivity contribution in [2.75, 3.05) is 25.0 Å². The lowest BCUT2D eigenvalue weighted by atomic mass is 9.99. The van der Waals surface area contributed by atoms with Crippen LogP contribution in [-0.2, 0) is 11.2 Å². The lowest BCUT2D eigenvalue weighted by Crippen LogP contribution is -2.35. The number of amides is 1. The Labute approximate surface area is 122 Å². The predicted octanol–water partition coefficient (Wildman–Crippen LogP) is 3.31. The fourth-order valence-corrected chi connectivity index (χ4v) is 2.71. The number of rotatable bonds is 5. The molecule has 1 N–H and O–H groups in total. The van der Waals surface area contributed by atoms with Gasteiger partial charge in [0.25, 0.3) is 0 Å². The summed E-state index contributed by atoms with van der Waals surface area (Å²) in [6.45, 7) is 7.58. The molecule has 0 spiro atoms. The van der Waals surface area contributed by atoms with Gasteiger partial charge in [0.15, 0.2) is 0 Å². The first-order valence-corrected chi connectivity index (χ1v) is 7.79. The molecule has 1 amide bonds. The van der Waals surface area contributed by atoms with Crippen LogP contribution in [-0.4, -0.2) is 30.4 Å². The Hall–Kier alpha value is -1.35. The number of benzene rings is 1. The van der Waals surface area contributed by atoms with E-state index in [4.69, 9.17) is 0 Å². The average Bonchev–Trinajstić information content (AvgIpc) is 2.47. The summed E-state index contributed by atoms with van der Waals surface area (Å²) >= 11 is 0. The van der Waals surface area contributed by atoms with Gasteiger partial charge in [0.2, 0.25) is 5.91 Å². The number of hydrogen-bond acceptors (Lipinski definition) is 2. The summed E-state index contributed by atoms with van der Waals surface area (Å²) in [7, 11) is 0. The smallest absolute Gasteiger partial charge is 0.225 e. The minimum absolute atomic E-state index is 0.129. The largest absolute Gasteiger partial charge is 0.326 e. The minimum Gasteiger partial charge on any atom is -0.326 e. The van der Waals surface area contributed by atoms with Crippen molar-refractivity contribution in [2.45, 2.75) is 39.5 Å². The summed E-state index contributed by atoms with van der Waals surface area (Å²) < 4.78 is 0. The molecule has 0 radical (unpaired) electrons. The first kappa shape index (κ1) is 15.0. The average molecular weight is 274 g/mol. The first-order chi connectivity index (χ1) is 9.69. The Morgan fingerprint density at radius 1 is 1.30 bits per heavy atom. The van der Waals surface area contributed by atoms with Crippen molar-refractivity contribution in [2.24, 2.45) is 5.92 Å². The highest BCUT2D eigenvalue weighted by Crippen LogP contribution is 2.17. The van der Waals surface area contributed by atoms with Gasteiger partial charge in [-0.25, -0.2) is 0 Å². The lowest BCUT2D eigenvalue weighted by Gasteiger charge is -2.29. The Morgan fingerprint density at radius 2 is 2.00 bits per heavy atom. The van der Waals surface area contributed by atoms with E-state index in [2.05, 4.69) is 30.1 Å². The second kappa shape index (κ2) is 7.44. The van der Waals surface area contributed by atoms with E-state index in [0.717, 1.165) is 37.7 Å². The van der Waals surface area contributed by atoms with Crippen LogP contribution in [0.3, 0.4) is 0 Å². The van der Waals surface area contributed by atoms with E-state index in [-0.39, 0.29) is 5.91 Å². The van der Waals surface area contributed by atoms with Gasteiger partial charge in [-0.05, 0) is 49.9 Å². The van der Waals surface area contributed by atoms with E-state index in [9.17, 15) is 4.79 Å². The van der Waals surface area contributed by atoms with Gasteiger partial charge in [-0.2, -0.15) is 0 Å². The summed E-state index contributed by atoms with van der Waals surface area (Å²) in [6.07, 6.45) is 4.06. The highest BCUT2D eigenvalue weighted by atomic mass is 16.1. The van der Waals surface area contributed by atoms with E-state index in [0.29, 0.717) is 6.42 Å². The number of nitrogens with one attached hydrogen (secondary N) is 1. The minimum atomic E-state index is 0.129. The van der Waals surface area contributed by atoms with Crippen LogP contribution in [0.4, 0.5) is 5.69 Å². The van der Waals surface area contributed by atoms with Gasteiger partial charge in [-0.15, -0.1) is 0 Å². The number of anilines is 1. The van der Waals surface area contributed by atoms with E-state index >= 15 is 0 Å². The van der Waals surface area contributed by atoms with Crippen LogP contribution < -0.4 is 5.32 Å². The molecule has 3 nitrogen and oxygen atoms in total. The van der Waals surface area contributed by atoms with Crippen molar-refractivity contribution in [1.29, 1.82) is 0 Å². The summed E-state index contributed by atoms with van der Waals surface area (Å²) in [6, 6.07) is 8.05. The summed E-state index contributed by atoms with van der Waals surface area (Å²) in [4.78, 5) is 14.5. The number of para-hydroxylation sites is 1. The standard InChI is InChI=1S/C17H26N2O/c1-3-15-6-4-5-7-16(15)18-17(20)10-13-19-11-8-14(2)9-12-19/h4-7,14H,3,8-13H2,1-2H3,(H,18,20). The Bertz CT molecular complexity index is 436. The van der Waals surface area contributed by atoms with Crippen LogP contribution in [0.15, 0.2) is 24.3 Å². The highest BCUT2D eigenvalue weighted by molar-refractivity contribution is 5.91. The maximum atomic E-state index is 12.0. The zero-order valence-electron chi connectivity index (χ0n) is 12.7. The number of nitrogens with zero attached hydrogens (tertiary/aromatic N) is 1. The molecule has 1 aromatic rings.